The highest BCUT2D eigenvalue weighted by molar-refractivity contribution is 9.10. The molecular formula is C14H19BrN2O3S. The van der Waals surface area contributed by atoms with Crippen LogP contribution in [0.25, 0.3) is 0 Å². The summed E-state index contributed by atoms with van der Waals surface area (Å²) in [6.45, 7) is 1.10. The lowest BCUT2D eigenvalue weighted by atomic mass is 10.1. The van der Waals surface area contributed by atoms with Gasteiger partial charge < -0.3 is 10.6 Å². The molecule has 1 aliphatic heterocycles. The summed E-state index contributed by atoms with van der Waals surface area (Å²) in [5, 5.41) is 0. The minimum absolute atomic E-state index is 0.118. The Hall–Kier alpha value is -0.920. The van der Waals surface area contributed by atoms with Gasteiger partial charge in [-0.25, -0.2) is 8.42 Å². The fraction of sp³-hybridized carbons (Fsp3) is 0.500. The summed E-state index contributed by atoms with van der Waals surface area (Å²) in [5.74, 6) is -0.878. The van der Waals surface area contributed by atoms with Crippen LogP contribution in [0.4, 0.5) is 0 Å². The van der Waals surface area contributed by atoms with Gasteiger partial charge in [-0.3, -0.25) is 4.79 Å². The topological polar surface area (TPSA) is 80.5 Å². The number of sulfone groups is 1. The maximum Gasteiger partial charge on any atom is 0.237 e. The number of halogens is 1. The van der Waals surface area contributed by atoms with Gasteiger partial charge >= 0.3 is 0 Å². The Kier molecular flexibility index (Phi) is 5.40. The number of rotatable bonds is 4. The molecule has 5 nitrogen and oxygen atoms in total. The van der Waals surface area contributed by atoms with Crippen molar-refractivity contribution >= 4 is 31.7 Å². The van der Waals surface area contributed by atoms with E-state index in [1.165, 1.54) is 0 Å². The van der Waals surface area contributed by atoms with Crippen LogP contribution in [0.15, 0.2) is 28.7 Å². The van der Waals surface area contributed by atoms with Crippen LogP contribution in [0, 0.1) is 0 Å². The van der Waals surface area contributed by atoms with Crippen molar-refractivity contribution in [3.63, 3.8) is 0 Å². The van der Waals surface area contributed by atoms with E-state index >= 15 is 0 Å². The van der Waals surface area contributed by atoms with E-state index in [-0.39, 0.29) is 17.7 Å². The number of hydrogen-bond donors (Lipinski definition) is 1. The lowest BCUT2D eigenvalue weighted by Gasteiger charge is -2.30. The first-order valence-electron chi connectivity index (χ1n) is 6.84. The van der Waals surface area contributed by atoms with Gasteiger partial charge in [0.25, 0.3) is 0 Å². The number of nitrogens with two attached hydrogens (primary N) is 1. The van der Waals surface area contributed by atoms with Crippen molar-refractivity contribution in [1.82, 2.24) is 4.90 Å². The second-order valence-electron chi connectivity index (χ2n) is 5.38. The molecule has 0 unspecified atom stereocenters. The molecule has 1 aliphatic rings. The zero-order chi connectivity index (χ0) is 15.5. The van der Waals surface area contributed by atoms with Crippen molar-refractivity contribution in [3.05, 3.63) is 34.3 Å². The summed E-state index contributed by atoms with van der Waals surface area (Å²) in [6, 6.07) is 7.22. The molecule has 2 N–H and O–H groups in total. The molecule has 1 amide bonds. The molecule has 1 heterocycles. The molecule has 1 aromatic rings. The van der Waals surface area contributed by atoms with Gasteiger partial charge in [0.05, 0.1) is 5.75 Å². The summed E-state index contributed by atoms with van der Waals surface area (Å²) in [7, 11) is -3.46. The zero-order valence-electron chi connectivity index (χ0n) is 11.7. The van der Waals surface area contributed by atoms with E-state index in [1.54, 1.807) is 23.1 Å². The summed E-state index contributed by atoms with van der Waals surface area (Å²) in [4.78, 5) is 13.7. The highest BCUT2D eigenvalue weighted by atomic mass is 79.9. The van der Waals surface area contributed by atoms with E-state index in [1.807, 2.05) is 6.07 Å². The van der Waals surface area contributed by atoms with Gasteiger partial charge in [-0.1, -0.05) is 28.1 Å². The Bertz CT molecular complexity index is 610. The highest BCUT2D eigenvalue weighted by Crippen LogP contribution is 2.15. The molecule has 0 atom stereocenters. The minimum atomic E-state index is -3.46. The van der Waals surface area contributed by atoms with E-state index in [0.717, 1.165) is 17.3 Å². The van der Waals surface area contributed by atoms with E-state index in [4.69, 9.17) is 5.73 Å². The van der Waals surface area contributed by atoms with Crippen LogP contribution >= 0.6 is 15.9 Å². The Labute approximate surface area is 133 Å². The highest BCUT2D eigenvalue weighted by Gasteiger charge is 2.25. The molecule has 0 aliphatic carbocycles. The molecule has 0 radical (unpaired) electrons. The maximum absolute atomic E-state index is 12.1. The van der Waals surface area contributed by atoms with Gasteiger partial charge in [-0.15, -0.1) is 0 Å². The van der Waals surface area contributed by atoms with Crippen molar-refractivity contribution in [2.24, 2.45) is 5.73 Å². The van der Waals surface area contributed by atoms with Gasteiger partial charge in [0.2, 0.25) is 5.91 Å². The largest absolute Gasteiger partial charge is 0.342 e. The SMILES string of the molecule is NC1CCN(C(=O)CS(=O)(=O)Cc2cccc(Br)c2)CC1. The molecule has 1 aromatic carbocycles. The fourth-order valence-electron chi connectivity index (χ4n) is 2.36. The van der Waals surface area contributed by atoms with E-state index in [2.05, 4.69) is 15.9 Å². The van der Waals surface area contributed by atoms with Crippen LogP contribution in [0.3, 0.4) is 0 Å². The van der Waals surface area contributed by atoms with Gasteiger partial charge in [0.15, 0.2) is 9.84 Å². The molecule has 0 spiro atoms. The first kappa shape index (κ1) is 16.5. The van der Waals surface area contributed by atoms with Gasteiger partial charge in [-0.2, -0.15) is 0 Å². The van der Waals surface area contributed by atoms with Crippen molar-refractivity contribution in [1.29, 1.82) is 0 Å². The number of piperidine rings is 1. The lowest BCUT2D eigenvalue weighted by molar-refractivity contribution is -0.129. The number of nitrogens with zero attached hydrogens (tertiary/aromatic N) is 1. The van der Waals surface area contributed by atoms with Crippen LogP contribution in [0.1, 0.15) is 18.4 Å². The molecule has 1 fully saturated rings. The summed E-state index contributed by atoms with van der Waals surface area (Å²) in [5.41, 5.74) is 6.46. The number of benzene rings is 1. The van der Waals surface area contributed by atoms with Crippen LogP contribution in [-0.4, -0.2) is 44.1 Å². The molecule has 21 heavy (non-hydrogen) atoms. The van der Waals surface area contributed by atoms with E-state index < -0.39 is 15.6 Å². The van der Waals surface area contributed by atoms with Crippen LogP contribution in [0.2, 0.25) is 0 Å². The Morgan fingerprint density at radius 2 is 2.00 bits per heavy atom. The molecule has 2 rings (SSSR count). The summed E-state index contributed by atoms with van der Waals surface area (Å²) in [6.07, 6.45) is 1.47. The Balaban J connectivity index is 1.96. The third-order valence-corrected chi connectivity index (χ3v) is 5.46. The molecule has 0 aromatic heterocycles. The average molecular weight is 375 g/mol. The fourth-order valence-corrected chi connectivity index (χ4v) is 4.15. The summed E-state index contributed by atoms with van der Waals surface area (Å²) < 4.78 is 25.1. The zero-order valence-corrected chi connectivity index (χ0v) is 14.1. The van der Waals surface area contributed by atoms with Crippen molar-refractivity contribution in [3.8, 4) is 0 Å². The van der Waals surface area contributed by atoms with Gasteiger partial charge in [0.1, 0.15) is 5.75 Å². The molecule has 0 bridgehead atoms. The second kappa shape index (κ2) is 6.89. The third kappa shape index (κ3) is 5.09. The predicted octanol–water partition coefficient (Wildman–Crippen LogP) is 1.31. The molecule has 0 saturated carbocycles. The van der Waals surface area contributed by atoms with E-state index in [9.17, 15) is 13.2 Å². The number of carbonyl (C=O) groups excluding carboxylic acids is 1. The Morgan fingerprint density at radius 3 is 2.62 bits per heavy atom. The standard InChI is InChI=1S/C14H19BrN2O3S/c15-12-3-1-2-11(8-12)9-21(19,20)10-14(18)17-6-4-13(16)5-7-17/h1-3,8,13H,4-7,9-10,16H2. The van der Waals surface area contributed by atoms with Crippen LogP contribution < -0.4 is 5.73 Å². The van der Waals surface area contributed by atoms with Gasteiger partial charge in [0, 0.05) is 23.6 Å². The van der Waals surface area contributed by atoms with Gasteiger partial charge in [-0.05, 0) is 30.5 Å². The van der Waals surface area contributed by atoms with Crippen molar-refractivity contribution in [2.45, 2.75) is 24.6 Å². The maximum atomic E-state index is 12.1. The summed E-state index contributed by atoms with van der Waals surface area (Å²) >= 11 is 3.31. The molecule has 116 valence electrons. The Morgan fingerprint density at radius 1 is 1.33 bits per heavy atom. The molecular weight excluding hydrogens is 356 g/mol. The molecule has 7 heteroatoms. The first-order chi connectivity index (χ1) is 9.85. The van der Waals surface area contributed by atoms with Crippen molar-refractivity contribution in [2.75, 3.05) is 18.8 Å². The smallest absolute Gasteiger partial charge is 0.237 e. The van der Waals surface area contributed by atoms with Crippen LogP contribution in [-0.2, 0) is 20.4 Å². The molecule has 1 saturated heterocycles. The number of amides is 1. The number of carbonyl (C=O) groups is 1. The number of hydrogen-bond acceptors (Lipinski definition) is 4. The van der Waals surface area contributed by atoms with Crippen LogP contribution in [0.5, 0.6) is 0 Å². The predicted molar refractivity (Wildman–Crippen MR) is 85.4 cm³/mol. The normalized spacial score (nSPS) is 17.0. The first-order valence-corrected chi connectivity index (χ1v) is 9.45. The second-order valence-corrected chi connectivity index (χ2v) is 8.36. The average Bonchev–Trinajstić information content (AvgIpc) is 2.38. The lowest BCUT2D eigenvalue weighted by Crippen LogP contribution is -2.45. The van der Waals surface area contributed by atoms with Crippen molar-refractivity contribution < 1.29 is 13.2 Å². The van der Waals surface area contributed by atoms with E-state index in [0.29, 0.717) is 18.7 Å². The quantitative estimate of drug-likeness (QED) is 0.861. The third-order valence-electron chi connectivity index (χ3n) is 3.51. The monoisotopic (exact) mass is 374 g/mol. The number of likely N-dealkylation sites (tertiary alicyclic amines) is 1. The minimum Gasteiger partial charge on any atom is -0.342 e.